The van der Waals surface area contributed by atoms with Crippen molar-refractivity contribution in [3.8, 4) is 11.3 Å². The first-order chi connectivity index (χ1) is 26.6. The Morgan fingerprint density at radius 2 is 1.27 bits per heavy atom. The summed E-state index contributed by atoms with van der Waals surface area (Å²) < 4.78 is 4.81. The zero-order valence-electron chi connectivity index (χ0n) is 30.2. The van der Waals surface area contributed by atoms with Crippen LogP contribution in [0.5, 0.6) is 0 Å². The summed E-state index contributed by atoms with van der Waals surface area (Å²) in [6, 6.07) is 63.1. The zero-order valence-corrected chi connectivity index (χ0v) is 33.4. The van der Waals surface area contributed by atoms with Crippen molar-refractivity contribution < 1.29 is 20.1 Å². The molecule has 0 aliphatic heterocycles. The third-order valence-corrected chi connectivity index (χ3v) is 11.3. The van der Waals surface area contributed by atoms with Crippen LogP contribution < -0.4 is 0 Å². The molecule has 5 heteroatoms. The average Bonchev–Trinajstić information content (AvgIpc) is 3.80. The van der Waals surface area contributed by atoms with Crippen LogP contribution in [0.3, 0.4) is 0 Å². The summed E-state index contributed by atoms with van der Waals surface area (Å²) in [4.78, 5) is 9.50. The van der Waals surface area contributed by atoms with E-state index in [-0.39, 0.29) is 20.1 Å². The minimum Gasteiger partial charge on any atom is -0.333 e. The quantitative estimate of drug-likeness (QED) is 0.154. The molecule has 11 rings (SSSR count). The van der Waals surface area contributed by atoms with E-state index in [2.05, 4.69) is 168 Å². The number of aromatic nitrogens is 3. The molecule has 0 fully saturated rings. The molecule has 265 valence electrons. The van der Waals surface area contributed by atoms with Crippen LogP contribution in [0.1, 0.15) is 11.1 Å². The number of hydrogen-bond donors (Lipinski definition) is 0. The zero-order chi connectivity index (χ0) is 36.2. The Kier molecular flexibility index (Phi) is 9.08. The van der Waals surface area contributed by atoms with Crippen molar-refractivity contribution in [3.05, 3.63) is 187 Å². The van der Waals surface area contributed by atoms with E-state index in [1.165, 1.54) is 63.6 Å². The minimum absolute atomic E-state index is 0. The van der Waals surface area contributed by atoms with Crippen molar-refractivity contribution in [1.82, 2.24) is 14.4 Å². The van der Waals surface area contributed by atoms with Gasteiger partial charge in [-0.3, -0.25) is 4.98 Å². The van der Waals surface area contributed by atoms with E-state index < -0.39 is 0 Å². The Bertz CT molecular complexity index is 3250. The molecule has 1 radical (unpaired) electrons. The number of aryl methyl sites for hydroxylation is 2. The van der Waals surface area contributed by atoms with Gasteiger partial charge in [0, 0.05) is 36.5 Å². The van der Waals surface area contributed by atoms with Crippen molar-refractivity contribution in [2.24, 2.45) is 0 Å². The topological polar surface area (TPSA) is 30.2 Å². The van der Waals surface area contributed by atoms with Gasteiger partial charge in [0.05, 0.1) is 16.7 Å². The molecule has 11 aromatic rings. The number of fused-ring (bicyclic) bond motifs is 15. The third kappa shape index (κ3) is 6.41. The number of rotatable bonds is 1. The Morgan fingerprint density at radius 3 is 2.07 bits per heavy atom. The van der Waals surface area contributed by atoms with Crippen LogP contribution in [0.2, 0.25) is 0 Å². The van der Waals surface area contributed by atoms with Gasteiger partial charge in [-0.25, -0.2) is 0 Å². The van der Waals surface area contributed by atoms with Crippen LogP contribution in [0.25, 0.3) is 91.3 Å². The van der Waals surface area contributed by atoms with Crippen molar-refractivity contribution in [1.29, 1.82) is 0 Å². The number of thiophene rings is 1. The van der Waals surface area contributed by atoms with Crippen LogP contribution in [-0.4, -0.2) is 14.4 Å². The molecule has 0 amide bonds. The first-order valence-corrected chi connectivity index (χ1v) is 19.0. The summed E-state index contributed by atoms with van der Waals surface area (Å²) in [5.74, 6) is 0. The van der Waals surface area contributed by atoms with Crippen LogP contribution in [0, 0.1) is 26.0 Å². The molecule has 7 aromatic carbocycles. The van der Waals surface area contributed by atoms with Crippen LogP contribution in [-0.2, 0) is 20.1 Å². The second kappa shape index (κ2) is 14.4. The number of benzene rings is 7. The fraction of sp³-hybridized carbons (Fsp3) is 0.0400. The van der Waals surface area contributed by atoms with Crippen LogP contribution >= 0.6 is 11.3 Å². The molecular weight excluding hydrogens is 867 g/mol. The fourth-order valence-corrected chi connectivity index (χ4v) is 8.50. The summed E-state index contributed by atoms with van der Waals surface area (Å²) in [5.41, 5.74) is 8.49. The monoisotopic (exact) mass is 900 g/mol. The van der Waals surface area contributed by atoms with Crippen molar-refractivity contribution in [2.45, 2.75) is 13.8 Å². The van der Waals surface area contributed by atoms with Gasteiger partial charge >= 0.3 is 0 Å². The van der Waals surface area contributed by atoms with Crippen molar-refractivity contribution >= 4 is 91.4 Å². The fourth-order valence-electron chi connectivity index (χ4n) is 7.45. The Labute approximate surface area is 336 Å². The largest absolute Gasteiger partial charge is 0.333 e. The summed E-state index contributed by atoms with van der Waals surface area (Å²) in [7, 11) is 0. The molecule has 4 heterocycles. The number of pyridine rings is 1. The summed E-state index contributed by atoms with van der Waals surface area (Å²) in [6.07, 6.45) is 1.88. The maximum atomic E-state index is 5.15. The van der Waals surface area contributed by atoms with E-state index in [1.807, 2.05) is 42.7 Å². The van der Waals surface area contributed by atoms with E-state index in [4.69, 9.17) is 4.98 Å². The number of nitrogens with zero attached hydrogens (tertiary/aromatic N) is 3. The summed E-state index contributed by atoms with van der Waals surface area (Å²) >= 11 is 1.82. The molecule has 0 atom stereocenters. The van der Waals surface area contributed by atoms with E-state index in [0.29, 0.717) is 0 Å². The molecule has 4 aromatic heterocycles. The molecule has 0 saturated carbocycles. The first-order valence-electron chi connectivity index (χ1n) is 18.1. The minimum atomic E-state index is 0. The molecule has 0 spiro atoms. The van der Waals surface area contributed by atoms with Gasteiger partial charge in [-0.1, -0.05) is 97.2 Å². The van der Waals surface area contributed by atoms with Crippen LogP contribution in [0.4, 0.5) is 0 Å². The van der Waals surface area contributed by atoms with Crippen molar-refractivity contribution in [2.75, 3.05) is 0 Å². The van der Waals surface area contributed by atoms with E-state index in [1.54, 1.807) is 0 Å². The van der Waals surface area contributed by atoms with Gasteiger partial charge in [0.15, 0.2) is 0 Å². The Balaban J connectivity index is 0.000000225. The Morgan fingerprint density at radius 1 is 0.545 bits per heavy atom. The van der Waals surface area contributed by atoms with E-state index in [0.717, 1.165) is 38.8 Å². The maximum absolute atomic E-state index is 5.15. The second-order valence-corrected chi connectivity index (χ2v) is 15.0. The molecule has 0 N–H and O–H groups in total. The predicted molar refractivity (Wildman–Crippen MR) is 230 cm³/mol. The van der Waals surface area contributed by atoms with Gasteiger partial charge in [0.2, 0.25) is 0 Å². The van der Waals surface area contributed by atoms with Crippen LogP contribution in [0.15, 0.2) is 164 Å². The molecule has 3 nitrogen and oxygen atoms in total. The Hall–Kier alpha value is -5.97. The first kappa shape index (κ1) is 34.8. The van der Waals surface area contributed by atoms with Crippen molar-refractivity contribution in [3.63, 3.8) is 0 Å². The SMILES string of the molecule is Cc1c[c-]c(-c2ccc(C)cn2)cc1.[Ir].[c-]1cc2sc3ccc4cc3c2cc1c1nc2ccccc2n1c1cccc(c1)c1ccccc1c1cccc4c1. The van der Waals surface area contributed by atoms with Gasteiger partial charge in [-0.2, -0.15) is 11.3 Å². The molecule has 0 saturated heterocycles. The third-order valence-electron chi connectivity index (χ3n) is 10.2. The van der Waals surface area contributed by atoms with E-state index in [9.17, 15) is 0 Å². The van der Waals surface area contributed by atoms with E-state index >= 15 is 0 Å². The van der Waals surface area contributed by atoms with Gasteiger partial charge in [-0.05, 0) is 103 Å². The van der Waals surface area contributed by atoms with Gasteiger partial charge in [-0.15, -0.1) is 59.0 Å². The van der Waals surface area contributed by atoms with Gasteiger partial charge < -0.3 is 9.38 Å². The normalized spacial score (nSPS) is 11.3. The maximum Gasteiger partial charge on any atom is 0.0774 e. The number of hydrogen-bond acceptors (Lipinski definition) is 3. The molecule has 8 bridgehead atoms. The van der Waals surface area contributed by atoms with Gasteiger partial charge in [0.25, 0.3) is 0 Å². The standard InChI is InChI=1S/C37H21N2S.C13H12N.Ir/c1-2-12-30-26-9-6-10-28(20-26)39-34-14-4-3-13-33(34)38-37(39)27-16-18-36-32(22-27)31-21-24(15-17-35(31)40-36)23-7-5-8-25(19-23)29(30)11-1;1-10-3-6-12(7-4-10)13-8-5-11(2)9-14-13;/h1-15,17-22H;3-6,8-9H,1-2H3;/q2*-1;. The van der Waals surface area contributed by atoms with Gasteiger partial charge in [0.1, 0.15) is 0 Å². The average molecular weight is 900 g/mol. The summed E-state index contributed by atoms with van der Waals surface area (Å²) in [6.45, 7) is 4.10. The molecule has 0 unspecified atom stereocenters. The molecular formula is C50H33IrN3S-2. The smallest absolute Gasteiger partial charge is 0.0774 e. The molecule has 0 aliphatic rings. The molecule has 0 aliphatic carbocycles. The predicted octanol–water partition coefficient (Wildman–Crippen LogP) is 13.6. The summed E-state index contributed by atoms with van der Waals surface area (Å²) in [5, 5.41) is 10.8. The second-order valence-electron chi connectivity index (χ2n) is 13.9. The number of para-hydroxylation sites is 2. The molecule has 55 heavy (non-hydrogen) atoms. The number of imidazole rings is 1.